The molecule has 0 unspecified atom stereocenters. The smallest absolute Gasteiger partial charge is 0.188 e. The van der Waals surface area contributed by atoms with Crippen molar-refractivity contribution in [1.82, 2.24) is 5.32 Å². The Labute approximate surface area is 128 Å². The van der Waals surface area contributed by atoms with E-state index in [1.54, 1.807) is 0 Å². The number of benzene rings is 1. The van der Waals surface area contributed by atoms with E-state index < -0.39 is 0 Å². The van der Waals surface area contributed by atoms with Gasteiger partial charge in [-0.3, -0.25) is 4.99 Å². The zero-order chi connectivity index (χ0) is 14.6. The summed E-state index contributed by atoms with van der Waals surface area (Å²) >= 11 is 3.40. The van der Waals surface area contributed by atoms with Gasteiger partial charge in [0, 0.05) is 24.2 Å². The van der Waals surface area contributed by atoms with E-state index in [-0.39, 0.29) is 0 Å². The predicted octanol–water partition coefficient (Wildman–Crippen LogP) is 2.16. The SMILES string of the molecule is CCOCCCN=C(N)NCCOc1cccc(Br)c1. The predicted molar refractivity (Wildman–Crippen MR) is 85.2 cm³/mol. The second kappa shape index (κ2) is 10.5. The van der Waals surface area contributed by atoms with Crippen molar-refractivity contribution < 1.29 is 9.47 Å². The first-order valence-corrected chi connectivity index (χ1v) is 7.51. The van der Waals surface area contributed by atoms with Crippen molar-refractivity contribution in [3.63, 3.8) is 0 Å². The van der Waals surface area contributed by atoms with E-state index in [2.05, 4.69) is 26.2 Å². The van der Waals surface area contributed by atoms with Gasteiger partial charge in [-0.15, -0.1) is 0 Å². The molecule has 0 fully saturated rings. The van der Waals surface area contributed by atoms with E-state index in [9.17, 15) is 0 Å². The maximum absolute atomic E-state index is 5.73. The molecule has 0 aliphatic rings. The van der Waals surface area contributed by atoms with Crippen molar-refractivity contribution in [2.24, 2.45) is 10.7 Å². The molecule has 0 spiro atoms. The third-order valence-corrected chi connectivity index (χ3v) is 2.90. The summed E-state index contributed by atoms with van der Waals surface area (Å²) < 4.78 is 11.8. The molecule has 0 aliphatic carbocycles. The Morgan fingerprint density at radius 3 is 3.00 bits per heavy atom. The van der Waals surface area contributed by atoms with Crippen LogP contribution in [0.25, 0.3) is 0 Å². The van der Waals surface area contributed by atoms with Crippen molar-refractivity contribution in [2.75, 3.05) is 32.9 Å². The lowest BCUT2D eigenvalue weighted by Crippen LogP contribution is -2.34. The molecule has 3 N–H and O–H groups in total. The molecule has 0 amide bonds. The lowest BCUT2D eigenvalue weighted by atomic mass is 10.3. The van der Waals surface area contributed by atoms with Gasteiger partial charge in [0.2, 0.25) is 0 Å². The summed E-state index contributed by atoms with van der Waals surface area (Å²) in [6.45, 7) is 5.26. The number of nitrogens with zero attached hydrogens (tertiary/aromatic N) is 1. The monoisotopic (exact) mass is 343 g/mol. The number of rotatable bonds is 9. The Morgan fingerprint density at radius 1 is 1.40 bits per heavy atom. The fraction of sp³-hybridized carbons (Fsp3) is 0.500. The standard InChI is InChI=1S/C14H22BrN3O2/c1-2-19-9-4-7-17-14(16)18-8-10-20-13-6-3-5-12(15)11-13/h3,5-6,11H,2,4,7-10H2,1H3,(H3,16,17,18). The van der Waals surface area contributed by atoms with Crippen LogP contribution >= 0.6 is 15.9 Å². The molecule has 6 heteroatoms. The summed E-state index contributed by atoms with van der Waals surface area (Å²) in [5.74, 6) is 1.27. The molecule has 0 radical (unpaired) electrons. The average molecular weight is 344 g/mol. The van der Waals surface area contributed by atoms with E-state index in [0.29, 0.717) is 25.7 Å². The summed E-state index contributed by atoms with van der Waals surface area (Å²) in [6, 6.07) is 7.72. The van der Waals surface area contributed by atoms with Crippen LogP contribution in [0.5, 0.6) is 5.75 Å². The number of hydrogen-bond acceptors (Lipinski definition) is 3. The number of hydrogen-bond donors (Lipinski definition) is 2. The second-order valence-electron chi connectivity index (χ2n) is 4.05. The van der Waals surface area contributed by atoms with Crippen molar-refractivity contribution in [3.8, 4) is 5.75 Å². The van der Waals surface area contributed by atoms with Crippen LogP contribution in [-0.2, 0) is 4.74 Å². The molecule has 1 aromatic rings. The van der Waals surface area contributed by atoms with E-state index in [4.69, 9.17) is 15.2 Å². The Hall–Kier alpha value is -1.27. The Kier molecular flexibility index (Phi) is 8.82. The van der Waals surface area contributed by atoms with Gasteiger partial charge < -0.3 is 20.5 Å². The second-order valence-corrected chi connectivity index (χ2v) is 4.97. The van der Waals surface area contributed by atoms with Gasteiger partial charge in [-0.25, -0.2) is 0 Å². The van der Waals surface area contributed by atoms with Crippen molar-refractivity contribution in [1.29, 1.82) is 0 Å². The van der Waals surface area contributed by atoms with Crippen LogP contribution in [0.15, 0.2) is 33.7 Å². The first-order chi connectivity index (χ1) is 9.72. The Balaban J connectivity index is 2.09. The van der Waals surface area contributed by atoms with Crippen LogP contribution in [0.3, 0.4) is 0 Å². The number of aliphatic imine (C=N–C) groups is 1. The van der Waals surface area contributed by atoms with Crippen LogP contribution in [0.1, 0.15) is 13.3 Å². The maximum atomic E-state index is 5.73. The molecule has 0 atom stereocenters. The minimum atomic E-state index is 0.444. The highest BCUT2D eigenvalue weighted by atomic mass is 79.9. The topological polar surface area (TPSA) is 68.9 Å². The summed E-state index contributed by atoms with van der Waals surface area (Å²) in [7, 11) is 0. The van der Waals surface area contributed by atoms with Gasteiger partial charge in [0.05, 0.1) is 6.54 Å². The number of guanidine groups is 1. The van der Waals surface area contributed by atoms with Crippen molar-refractivity contribution in [2.45, 2.75) is 13.3 Å². The zero-order valence-electron chi connectivity index (χ0n) is 11.8. The van der Waals surface area contributed by atoms with Gasteiger partial charge >= 0.3 is 0 Å². The van der Waals surface area contributed by atoms with Crippen LogP contribution in [-0.4, -0.2) is 38.9 Å². The van der Waals surface area contributed by atoms with Gasteiger partial charge in [0.1, 0.15) is 12.4 Å². The third-order valence-electron chi connectivity index (χ3n) is 2.41. The van der Waals surface area contributed by atoms with E-state index in [1.807, 2.05) is 31.2 Å². The molecule has 1 aromatic carbocycles. The lowest BCUT2D eigenvalue weighted by molar-refractivity contribution is 0.146. The molecular formula is C14H22BrN3O2. The fourth-order valence-corrected chi connectivity index (χ4v) is 1.85. The Morgan fingerprint density at radius 2 is 2.25 bits per heavy atom. The molecule has 0 heterocycles. The lowest BCUT2D eigenvalue weighted by Gasteiger charge is -2.08. The summed E-state index contributed by atoms with van der Waals surface area (Å²) in [6.07, 6.45) is 0.880. The van der Waals surface area contributed by atoms with Gasteiger partial charge in [0.25, 0.3) is 0 Å². The number of nitrogens with two attached hydrogens (primary N) is 1. The third kappa shape index (κ3) is 8.01. The van der Waals surface area contributed by atoms with Gasteiger partial charge in [0.15, 0.2) is 5.96 Å². The summed E-state index contributed by atoms with van der Waals surface area (Å²) in [4.78, 5) is 4.19. The molecule has 0 saturated heterocycles. The largest absolute Gasteiger partial charge is 0.492 e. The number of ether oxygens (including phenoxy) is 2. The highest BCUT2D eigenvalue weighted by molar-refractivity contribution is 9.10. The molecule has 0 bridgehead atoms. The Bertz CT molecular complexity index is 413. The van der Waals surface area contributed by atoms with Crippen molar-refractivity contribution in [3.05, 3.63) is 28.7 Å². The first kappa shape index (κ1) is 16.8. The van der Waals surface area contributed by atoms with Crippen LogP contribution in [0, 0.1) is 0 Å². The number of halogens is 1. The molecular weight excluding hydrogens is 322 g/mol. The summed E-state index contributed by atoms with van der Waals surface area (Å²) in [5, 5.41) is 3.01. The minimum absolute atomic E-state index is 0.444. The normalized spacial score (nSPS) is 11.4. The fourth-order valence-electron chi connectivity index (χ4n) is 1.47. The minimum Gasteiger partial charge on any atom is -0.492 e. The van der Waals surface area contributed by atoms with Crippen LogP contribution in [0.2, 0.25) is 0 Å². The molecule has 0 aliphatic heterocycles. The summed E-state index contributed by atoms with van der Waals surface area (Å²) in [5.41, 5.74) is 5.73. The average Bonchev–Trinajstić information content (AvgIpc) is 2.43. The van der Waals surface area contributed by atoms with E-state index >= 15 is 0 Å². The van der Waals surface area contributed by atoms with Gasteiger partial charge in [-0.2, -0.15) is 0 Å². The van der Waals surface area contributed by atoms with E-state index in [0.717, 1.165) is 29.9 Å². The quantitative estimate of drug-likeness (QED) is 0.409. The first-order valence-electron chi connectivity index (χ1n) is 6.72. The van der Waals surface area contributed by atoms with E-state index in [1.165, 1.54) is 0 Å². The molecule has 5 nitrogen and oxygen atoms in total. The van der Waals surface area contributed by atoms with Gasteiger partial charge in [-0.1, -0.05) is 22.0 Å². The highest BCUT2D eigenvalue weighted by Gasteiger charge is 1.95. The highest BCUT2D eigenvalue weighted by Crippen LogP contribution is 2.17. The molecule has 1 rings (SSSR count). The zero-order valence-corrected chi connectivity index (χ0v) is 13.4. The van der Waals surface area contributed by atoms with Crippen LogP contribution in [0.4, 0.5) is 0 Å². The van der Waals surface area contributed by atoms with Gasteiger partial charge in [-0.05, 0) is 31.5 Å². The van der Waals surface area contributed by atoms with Crippen molar-refractivity contribution >= 4 is 21.9 Å². The number of nitrogens with one attached hydrogen (secondary N) is 1. The molecule has 20 heavy (non-hydrogen) atoms. The van der Waals surface area contributed by atoms with Crippen LogP contribution < -0.4 is 15.8 Å². The maximum Gasteiger partial charge on any atom is 0.188 e. The molecule has 0 saturated carbocycles. The molecule has 0 aromatic heterocycles. The molecule has 112 valence electrons.